The van der Waals surface area contributed by atoms with Crippen molar-refractivity contribution >= 4 is 38.9 Å². The number of hydrogen-bond donors (Lipinski definition) is 3. The van der Waals surface area contributed by atoms with Crippen LogP contribution in [-0.2, 0) is 19.6 Å². The van der Waals surface area contributed by atoms with Crippen LogP contribution >= 0.6 is 0 Å². The molecular formula is C25H32N4O4S. The molecule has 1 heterocycles. The van der Waals surface area contributed by atoms with Crippen LogP contribution in [0.25, 0.3) is 0 Å². The molecule has 2 fully saturated rings. The van der Waals surface area contributed by atoms with Gasteiger partial charge in [0.05, 0.1) is 11.4 Å². The first-order valence-corrected chi connectivity index (χ1v) is 13.2. The largest absolute Gasteiger partial charge is 0.376 e. The number of aryl methyl sites for hydroxylation is 2. The smallest absolute Gasteiger partial charge is 0.243 e. The number of nitrogens with one attached hydrogen (secondary N) is 3. The first kappa shape index (κ1) is 24.2. The van der Waals surface area contributed by atoms with Gasteiger partial charge in [0.1, 0.15) is 0 Å². The maximum absolute atomic E-state index is 13.0. The van der Waals surface area contributed by atoms with E-state index in [0.29, 0.717) is 24.5 Å². The second-order valence-corrected chi connectivity index (χ2v) is 11.1. The van der Waals surface area contributed by atoms with Crippen molar-refractivity contribution in [1.29, 1.82) is 0 Å². The first-order valence-electron chi connectivity index (χ1n) is 11.8. The fraction of sp³-hybridized carbons (Fsp3) is 0.440. The average Bonchev–Trinajstić information content (AvgIpc) is 3.67. The van der Waals surface area contributed by atoms with Gasteiger partial charge in [-0.2, -0.15) is 4.31 Å². The minimum Gasteiger partial charge on any atom is -0.376 e. The molecule has 1 saturated carbocycles. The van der Waals surface area contributed by atoms with Crippen molar-refractivity contribution in [2.24, 2.45) is 5.92 Å². The Bertz CT molecular complexity index is 1190. The third-order valence-electron chi connectivity index (χ3n) is 6.33. The summed E-state index contributed by atoms with van der Waals surface area (Å²) in [6.45, 7) is 4.81. The third-order valence-corrected chi connectivity index (χ3v) is 8.22. The van der Waals surface area contributed by atoms with Crippen molar-refractivity contribution in [2.75, 3.05) is 35.6 Å². The fourth-order valence-corrected chi connectivity index (χ4v) is 5.54. The fourth-order valence-electron chi connectivity index (χ4n) is 4.00. The summed E-state index contributed by atoms with van der Waals surface area (Å²) in [7, 11) is -3.58. The molecule has 34 heavy (non-hydrogen) atoms. The number of amides is 2. The van der Waals surface area contributed by atoms with E-state index in [1.165, 1.54) is 10.4 Å². The minimum absolute atomic E-state index is 0.00338. The van der Waals surface area contributed by atoms with E-state index in [2.05, 4.69) is 16.0 Å². The summed E-state index contributed by atoms with van der Waals surface area (Å²) in [6.07, 6.45) is 4.64. The van der Waals surface area contributed by atoms with Crippen LogP contribution in [0, 0.1) is 19.8 Å². The van der Waals surface area contributed by atoms with Crippen molar-refractivity contribution in [3.05, 3.63) is 47.5 Å². The third kappa shape index (κ3) is 5.77. The number of hydrogen-bond acceptors (Lipinski definition) is 5. The molecule has 182 valence electrons. The maximum atomic E-state index is 13.0. The molecule has 2 aromatic carbocycles. The molecule has 2 aliphatic rings. The molecule has 2 amide bonds. The molecule has 3 N–H and O–H groups in total. The van der Waals surface area contributed by atoms with Gasteiger partial charge in [0, 0.05) is 36.1 Å². The van der Waals surface area contributed by atoms with Crippen LogP contribution in [0.5, 0.6) is 0 Å². The van der Waals surface area contributed by atoms with E-state index in [0.717, 1.165) is 48.9 Å². The molecule has 0 unspecified atom stereocenters. The molecule has 2 aromatic rings. The number of carbonyl (C=O) groups excluding carboxylic acids is 2. The lowest BCUT2D eigenvalue weighted by atomic mass is 10.1. The number of piperidine rings is 1. The Morgan fingerprint density at radius 1 is 0.912 bits per heavy atom. The topological polar surface area (TPSA) is 108 Å². The normalized spacial score (nSPS) is 16.6. The van der Waals surface area contributed by atoms with Crippen molar-refractivity contribution in [3.8, 4) is 0 Å². The predicted molar refractivity (Wildman–Crippen MR) is 133 cm³/mol. The summed E-state index contributed by atoms with van der Waals surface area (Å²) in [4.78, 5) is 24.9. The summed E-state index contributed by atoms with van der Waals surface area (Å²) in [5.41, 5.74) is 3.65. The molecular weight excluding hydrogens is 452 g/mol. The summed E-state index contributed by atoms with van der Waals surface area (Å²) >= 11 is 0. The molecule has 0 aromatic heterocycles. The number of nitrogens with zero attached hydrogens (tertiary/aromatic N) is 1. The lowest BCUT2D eigenvalue weighted by Gasteiger charge is -2.26. The van der Waals surface area contributed by atoms with Gasteiger partial charge in [-0.15, -0.1) is 0 Å². The molecule has 8 nitrogen and oxygen atoms in total. The standard InChI is InChI=1S/C25H32N4O4S/c1-17-6-10-20(27-25(31)19-8-9-19)14-22(17)26-16-24(30)28-23-15-21(11-7-18(23)2)34(32,33)29-12-4-3-5-13-29/h6-7,10-11,14-15,19,26H,3-5,8-9,12-13,16H2,1-2H3,(H,27,31)(H,28,30). The van der Waals surface area contributed by atoms with Crippen molar-refractivity contribution in [1.82, 2.24) is 4.31 Å². The Balaban J connectivity index is 1.40. The maximum Gasteiger partial charge on any atom is 0.243 e. The Morgan fingerprint density at radius 3 is 2.29 bits per heavy atom. The molecule has 0 atom stereocenters. The van der Waals surface area contributed by atoms with Gasteiger partial charge in [0.2, 0.25) is 21.8 Å². The quantitative estimate of drug-likeness (QED) is 0.527. The van der Waals surface area contributed by atoms with Gasteiger partial charge in [-0.3, -0.25) is 9.59 Å². The molecule has 0 spiro atoms. The van der Waals surface area contributed by atoms with Crippen LogP contribution in [0.2, 0.25) is 0 Å². The SMILES string of the molecule is Cc1ccc(NC(=O)C2CC2)cc1NCC(=O)Nc1cc(S(=O)(=O)N2CCCCC2)ccc1C. The molecule has 0 bridgehead atoms. The second kappa shape index (κ2) is 10.1. The highest BCUT2D eigenvalue weighted by atomic mass is 32.2. The molecule has 1 aliphatic carbocycles. The zero-order chi connectivity index (χ0) is 24.3. The molecule has 1 saturated heterocycles. The van der Waals surface area contributed by atoms with E-state index < -0.39 is 10.0 Å². The van der Waals surface area contributed by atoms with E-state index in [1.807, 2.05) is 32.0 Å². The van der Waals surface area contributed by atoms with Gasteiger partial charge in [-0.1, -0.05) is 18.6 Å². The van der Waals surface area contributed by atoms with Gasteiger partial charge < -0.3 is 16.0 Å². The van der Waals surface area contributed by atoms with Crippen molar-refractivity contribution < 1.29 is 18.0 Å². The molecule has 1 aliphatic heterocycles. The zero-order valence-electron chi connectivity index (χ0n) is 19.7. The Kier molecular flexibility index (Phi) is 7.23. The number of rotatable bonds is 8. The van der Waals surface area contributed by atoms with Gasteiger partial charge in [-0.05, 0) is 74.9 Å². The minimum atomic E-state index is -3.58. The summed E-state index contributed by atoms with van der Waals surface area (Å²) in [5, 5.41) is 8.86. The first-order chi connectivity index (χ1) is 16.2. The summed E-state index contributed by atoms with van der Waals surface area (Å²) in [5.74, 6) is -0.147. The number of anilines is 3. The van der Waals surface area contributed by atoms with Crippen LogP contribution in [-0.4, -0.2) is 44.2 Å². The Hall–Kier alpha value is -2.91. The van der Waals surface area contributed by atoms with E-state index >= 15 is 0 Å². The zero-order valence-corrected chi connectivity index (χ0v) is 20.5. The van der Waals surface area contributed by atoms with E-state index in [4.69, 9.17) is 0 Å². The number of carbonyl (C=O) groups is 2. The van der Waals surface area contributed by atoms with E-state index in [-0.39, 0.29) is 29.2 Å². The highest BCUT2D eigenvalue weighted by Crippen LogP contribution is 2.31. The second-order valence-electron chi connectivity index (χ2n) is 9.14. The van der Waals surface area contributed by atoms with Crippen LogP contribution in [0.3, 0.4) is 0 Å². The van der Waals surface area contributed by atoms with Crippen LogP contribution < -0.4 is 16.0 Å². The number of benzene rings is 2. The van der Waals surface area contributed by atoms with E-state index in [1.54, 1.807) is 12.1 Å². The molecule has 0 radical (unpaired) electrons. The van der Waals surface area contributed by atoms with Gasteiger partial charge in [-0.25, -0.2) is 8.42 Å². The number of sulfonamides is 1. The predicted octanol–water partition coefficient (Wildman–Crippen LogP) is 3.88. The van der Waals surface area contributed by atoms with E-state index in [9.17, 15) is 18.0 Å². The van der Waals surface area contributed by atoms with Crippen LogP contribution in [0.1, 0.15) is 43.2 Å². The van der Waals surface area contributed by atoms with Gasteiger partial charge in [0.25, 0.3) is 0 Å². The van der Waals surface area contributed by atoms with Crippen molar-refractivity contribution in [2.45, 2.75) is 50.8 Å². The average molecular weight is 485 g/mol. The van der Waals surface area contributed by atoms with Gasteiger partial charge >= 0.3 is 0 Å². The monoisotopic (exact) mass is 484 g/mol. The molecule has 4 rings (SSSR count). The Morgan fingerprint density at radius 2 is 1.59 bits per heavy atom. The summed E-state index contributed by atoms with van der Waals surface area (Å²) in [6, 6.07) is 10.4. The lowest BCUT2D eigenvalue weighted by Crippen LogP contribution is -2.35. The Labute approximate surface area is 201 Å². The van der Waals surface area contributed by atoms with Crippen molar-refractivity contribution in [3.63, 3.8) is 0 Å². The highest BCUT2D eigenvalue weighted by molar-refractivity contribution is 7.89. The van der Waals surface area contributed by atoms with Crippen LogP contribution in [0.4, 0.5) is 17.1 Å². The van der Waals surface area contributed by atoms with Gasteiger partial charge in [0.15, 0.2) is 0 Å². The molecule has 9 heteroatoms. The summed E-state index contributed by atoms with van der Waals surface area (Å²) < 4.78 is 27.5. The van der Waals surface area contributed by atoms with Crippen LogP contribution in [0.15, 0.2) is 41.3 Å². The lowest BCUT2D eigenvalue weighted by molar-refractivity contribution is -0.117. The highest BCUT2D eigenvalue weighted by Gasteiger charge is 2.29.